The van der Waals surface area contributed by atoms with E-state index in [-0.39, 0.29) is 11.9 Å². The predicted octanol–water partition coefficient (Wildman–Crippen LogP) is 2.24. The number of morpholine rings is 1. The summed E-state index contributed by atoms with van der Waals surface area (Å²) in [6, 6.07) is 7.69. The van der Waals surface area contributed by atoms with Crippen LogP contribution in [0.2, 0.25) is 0 Å². The third kappa shape index (κ3) is 4.56. The fraction of sp³-hybridized carbons (Fsp3) is 0.600. The second-order valence-electron chi connectivity index (χ2n) is 5.31. The zero-order valence-corrected chi connectivity index (χ0v) is 11.7. The molecule has 2 rings (SSSR count). The van der Waals surface area contributed by atoms with Gasteiger partial charge in [0.2, 0.25) is 0 Å². The van der Waals surface area contributed by atoms with Gasteiger partial charge in [-0.05, 0) is 38.0 Å². The first-order chi connectivity index (χ1) is 9.15. The summed E-state index contributed by atoms with van der Waals surface area (Å²) in [7, 11) is 0. The van der Waals surface area contributed by atoms with Gasteiger partial charge < -0.3 is 15.4 Å². The van der Waals surface area contributed by atoms with Gasteiger partial charge in [0.05, 0.1) is 13.2 Å². The highest BCUT2D eigenvalue weighted by Gasteiger charge is 2.17. The van der Waals surface area contributed by atoms with Crippen molar-refractivity contribution >= 4 is 0 Å². The zero-order chi connectivity index (χ0) is 13.7. The standard InChI is InChI=1S/C15H23FN2O/c1-11(8-15-10-19-7-6-17-15)18-12(2)13-4-3-5-14(16)9-13/h3-5,9,11-12,15,17-18H,6-8,10H2,1-2H3/t11?,12-,15?/m0/s1. The van der Waals surface area contributed by atoms with Gasteiger partial charge in [-0.15, -0.1) is 0 Å². The predicted molar refractivity (Wildman–Crippen MR) is 74.6 cm³/mol. The van der Waals surface area contributed by atoms with Crippen molar-refractivity contribution in [3.63, 3.8) is 0 Å². The lowest BCUT2D eigenvalue weighted by molar-refractivity contribution is 0.0708. The maximum atomic E-state index is 13.2. The minimum absolute atomic E-state index is 0.148. The van der Waals surface area contributed by atoms with Gasteiger partial charge in [0.25, 0.3) is 0 Å². The highest BCUT2D eigenvalue weighted by molar-refractivity contribution is 5.19. The summed E-state index contributed by atoms with van der Waals surface area (Å²) in [5, 5.41) is 6.96. The van der Waals surface area contributed by atoms with Crippen LogP contribution in [0, 0.1) is 5.82 Å². The Morgan fingerprint density at radius 2 is 2.32 bits per heavy atom. The topological polar surface area (TPSA) is 33.3 Å². The average molecular weight is 266 g/mol. The molecule has 0 radical (unpaired) electrons. The number of nitrogens with one attached hydrogen (secondary N) is 2. The minimum Gasteiger partial charge on any atom is -0.379 e. The lowest BCUT2D eigenvalue weighted by Crippen LogP contribution is -2.45. The molecule has 0 aromatic heterocycles. The molecule has 2 unspecified atom stereocenters. The van der Waals surface area contributed by atoms with Crippen LogP contribution in [0.15, 0.2) is 24.3 Å². The fourth-order valence-corrected chi connectivity index (χ4v) is 2.56. The molecule has 0 spiro atoms. The number of benzene rings is 1. The Hall–Kier alpha value is -0.970. The molecule has 106 valence electrons. The molecule has 2 N–H and O–H groups in total. The largest absolute Gasteiger partial charge is 0.379 e. The van der Waals surface area contributed by atoms with Crippen molar-refractivity contribution in [1.29, 1.82) is 0 Å². The molecule has 1 aliphatic heterocycles. The molecule has 0 bridgehead atoms. The van der Waals surface area contributed by atoms with Gasteiger partial charge in [-0.1, -0.05) is 12.1 Å². The number of halogens is 1. The summed E-state index contributed by atoms with van der Waals surface area (Å²) in [5.74, 6) is -0.179. The van der Waals surface area contributed by atoms with Crippen LogP contribution in [-0.4, -0.2) is 31.8 Å². The van der Waals surface area contributed by atoms with Gasteiger partial charge >= 0.3 is 0 Å². The summed E-state index contributed by atoms with van der Waals surface area (Å²) >= 11 is 0. The smallest absolute Gasteiger partial charge is 0.123 e. The molecule has 0 amide bonds. The van der Waals surface area contributed by atoms with Crippen molar-refractivity contribution in [3.8, 4) is 0 Å². The molecule has 0 saturated carbocycles. The van der Waals surface area contributed by atoms with Crippen LogP contribution < -0.4 is 10.6 Å². The Balaban J connectivity index is 1.82. The third-order valence-electron chi connectivity index (χ3n) is 3.52. The molecule has 1 fully saturated rings. The molecule has 19 heavy (non-hydrogen) atoms. The van der Waals surface area contributed by atoms with Crippen molar-refractivity contribution in [3.05, 3.63) is 35.6 Å². The molecule has 0 aliphatic carbocycles. The van der Waals surface area contributed by atoms with E-state index in [2.05, 4.69) is 24.5 Å². The number of hydrogen-bond donors (Lipinski definition) is 2. The van der Waals surface area contributed by atoms with Crippen molar-refractivity contribution < 1.29 is 9.13 Å². The van der Waals surface area contributed by atoms with Gasteiger partial charge in [0, 0.05) is 24.7 Å². The Kier molecular flexibility index (Phi) is 5.31. The van der Waals surface area contributed by atoms with Crippen molar-refractivity contribution in [2.24, 2.45) is 0 Å². The quantitative estimate of drug-likeness (QED) is 0.857. The van der Waals surface area contributed by atoms with E-state index >= 15 is 0 Å². The minimum atomic E-state index is -0.179. The zero-order valence-electron chi connectivity index (χ0n) is 11.7. The van der Waals surface area contributed by atoms with Gasteiger partial charge in [-0.2, -0.15) is 0 Å². The summed E-state index contributed by atoms with van der Waals surface area (Å²) in [6.45, 7) is 6.73. The van der Waals surface area contributed by atoms with Crippen LogP contribution in [-0.2, 0) is 4.74 Å². The molecule has 4 heteroatoms. The number of hydrogen-bond acceptors (Lipinski definition) is 3. The van der Waals surface area contributed by atoms with Crippen LogP contribution in [0.3, 0.4) is 0 Å². The summed E-state index contributed by atoms with van der Waals surface area (Å²) in [4.78, 5) is 0. The van der Waals surface area contributed by atoms with Crippen LogP contribution >= 0.6 is 0 Å². The first-order valence-electron chi connectivity index (χ1n) is 6.98. The number of rotatable bonds is 5. The first-order valence-corrected chi connectivity index (χ1v) is 6.98. The monoisotopic (exact) mass is 266 g/mol. The van der Waals surface area contributed by atoms with Crippen LogP contribution in [0.1, 0.15) is 31.9 Å². The Morgan fingerprint density at radius 3 is 3.00 bits per heavy atom. The van der Waals surface area contributed by atoms with Gasteiger partial charge in [-0.3, -0.25) is 0 Å². The van der Waals surface area contributed by atoms with Crippen LogP contribution in [0.25, 0.3) is 0 Å². The molecule has 1 aromatic carbocycles. The normalized spacial score (nSPS) is 23.0. The van der Waals surface area contributed by atoms with E-state index in [1.165, 1.54) is 6.07 Å². The first kappa shape index (κ1) is 14.4. The Bertz CT molecular complexity index is 393. The van der Waals surface area contributed by atoms with Gasteiger partial charge in [-0.25, -0.2) is 4.39 Å². The van der Waals surface area contributed by atoms with Crippen LogP contribution in [0.4, 0.5) is 4.39 Å². The fourth-order valence-electron chi connectivity index (χ4n) is 2.56. The van der Waals surface area contributed by atoms with E-state index in [1.807, 2.05) is 6.07 Å². The highest BCUT2D eigenvalue weighted by Crippen LogP contribution is 2.15. The molecule has 1 heterocycles. The van der Waals surface area contributed by atoms with E-state index in [0.29, 0.717) is 12.1 Å². The number of ether oxygens (including phenoxy) is 1. The maximum absolute atomic E-state index is 13.2. The highest BCUT2D eigenvalue weighted by atomic mass is 19.1. The molecular formula is C15H23FN2O. The van der Waals surface area contributed by atoms with Gasteiger partial charge in [0.15, 0.2) is 0 Å². The lowest BCUT2D eigenvalue weighted by Gasteiger charge is -2.28. The van der Waals surface area contributed by atoms with Crippen molar-refractivity contribution in [1.82, 2.24) is 10.6 Å². The molecule has 3 nitrogen and oxygen atoms in total. The molecule has 1 aromatic rings. The van der Waals surface area contributed by atoms with E-state index in [1.54, 1.807) is 12.1 Å². The molecular weight excluding hydrogens is 243 g/mol. The van der Waals surface area contributed by atoms with Gasteiger partial charge in [0.1, 0.15) is 5.82 Å². The second kappa shape index (κ2) is 6.98. The van der Waals surface area contributed by atoms with Crippen molar-refractivity contribution in [2.75, 3.05) is 19.8 Å². The summed E-state index contributed by atoms with van der Waals surface area (Å²) < 4.78 is 18.6. The maximum Gasteiger partial charge on any atom is 0.123 e. The lowest BCUT2D eigenvalue weighted by atomic mass is 10.0. The Morgan fingerprint density at radius 1 is 1.47 bits per heavy atom. The third-order valence-corrected chi connectivity index (χ3v) is 3.52. The van der Waals surface area contributed by atoms with Crippen molar-refractivity contribution in [2.45, 2.75) is 38.4 Å². The average Bonchev–Trinajstić information content (AvgIpc) is 2.39. The summed E-state index contributed by atoms with van der Waals surface area (Å²) in [6.07, 6.45) is 1.01. The second-order valence-corrected chi connectivity index (χ2v) is 5.31. The molecule has 1 saturated heterocycles. The summed E-state index contributed by atoms with van der Waals surface area (Å²) in [5.41, 5.74) is 0.986. The van der Waals surface area contributed by atoms with E-state index < -0.39 is 0 Å². The van der Waals surface area contributed by atoms with E-state index in [9.17, 15) is 4.39 Å². The van der Waals surface area contributed by atoms with E-state index in [0.717, 1.165) is 31.7 Å². The molecule has 1 aliphatic rings. The molecule has 3 atom stereocenters. The Labute approximate surface area is 114 Å². The van der Waals surface area contributed by atoms with Crippen LogP contribution in [0.5, 0.6) is 0 Å². The van der Waals surface area contributed by atoms with E-state index in [4.69, 9.17) is 4.74 Å². The SMILES string of the molecule is CC(CC1COCCN1)N[C@@H](C)c1cccc(F)c1.